The number of fused-ring (bicyclic) bond motifs is 4. The normalized spacial score (nSPS) is 20.6. The van der Waals surface area contributed by atoms with E-state index in [0.717, 1.165) is 67.0 Å². The van der Waals surface area contributed by atoms with Crippen LogP contribution in [0.4, 0.5) is 10.5 Å². The Hall–Kier alpha value is -4.47. The predicted molar refractivity (Wildman–Crippen MR) is 159 cm³/mol. The van der Waals surface area contributed by atoms with E-state index in [2.05, 4.69) is 21.3 Å². The number of morpholine rings is 1. The number of amides is 4. The van der Waals surface area contributed by atoms with Crippen LogP contribution >= 0.6 is 0 Å². The number of nitrogens with one attached hydrogen (secondary N) is 2. The molecule has 3 aromatic carbocycles. The molecule has 9 nitrogen and oxygen atoms in total. The van der Waals surface area contributed by atoms with Crippen molar-refractivity contribution in [1.82, 2.24) is 20.1 Å². The van der Waals surface area contributed by atoms with Gasteiger partial charge < -0.3 is 15.0 Å². The summed E-state index contributed by atoms with van der Waals surface area (Å²) in [5.41, 5.74) is 4.50. The Balaban J connectivity index is 1.18. The minimum atomic E-state index is -0.681. The first kappa shape index (κ1) is 26.4. The minimum Gasteiger partial charge on any atom is -0.379 e. The number of urea groups is 1. The van der Waals surface area contributed by atoms with Crippen molar-refractivity contribution in [3.05, 3.63) is 101 Å². The number of rotatable bonds is 7. The molecule has 2 fully saturated rings. The number of imide groups is 1. The largest absolute Gasteiger partial charge is 0.379 e. The van der Waals surface area contributed by atoms with E-state index in [1.807, 2.05) is 48.5 Å². The number of anilines is 1. The topological polar surface area (TPSA) is 98.0 Å². The van der Waals surface area contributed by atoms with E-state index in [-0.39, 0.29) is 11.8 Å². The number of para-hydroxylation sites is 2. The van der Waals surface area contributed by atoms with Gasteiger partial charge in [0.2, 0.25) is 0 Å². The summed E-state index contributed by atoms with van der Waals surface area (Å²) in [5, 5.41) is 4.05. The highest BCUT2D eigenvalue weighted by atomic mass is 16.5. The molecule has 0 unspecified atom stereocenters. The van der Waals surface area contributed by atoms with Crippen LogP contribution < -0.4 is 10.2 Å². The first-order chi connectivity index (χ1) is 20.6. The summed E-state index contributed by atoms with van der Waals surface area (Å²) >= 11 is 0. The van der Waals surface area contributed by atoms with Gasteiger partial charge in [0.1, 0.15) is 12.1 Å². The first-order valence-electron chi connectivity index (χ1n) is 14.6. The average molecular weight is 564 g/mol. The summed E-state index contributed by atoms with van der Waals surface area (Å²) < 4.78 is 5.40. The minimum absolute atomic E-state index is 0.297. The van der Waals surface area contributed by atoms with Crippen LogP contribution in [0.3, 0.4) is 0 Å². The Labute approximate surface area is 244 Å². The molecule has 2 N–H and O–H groups in total. The summed E-state index contributed by atoms with van der Waals surface area (Å²) in [5.74, 6) is -0.613. The van der Waals surface area contributed by atoms with E-state index in [0.29, 0.717) is 24.2 Å². The lowest BCUT2D eigenvalue weighted by molar-refractivity contribution is -0.120. The van der Waals surface area contributed by atoms with Crippen LogP contribution in [0.25, 0.3) is 10.9 Å². The van der Waals surface area contributed by atoms with Crippen LogP contribution in [-0.4, -0.2) is 78.1 Å². The number of carbonyl (C=O) groups excluding carboxylic acids is 3. The van der Waals surface area contributed by atoms with Gasteiger partial charge in [-0.3, -0.25) is 19.4 Å². The maximum absolute atomic E-state index is 14.2. The van der Waals surface area contributed by atoms with Crippen molar-refractivity contribution in [2.45, 2.75) is 24.9 Å². The Bertz CT molecular complexity index is 1640. The van der Waals surface area contributed by atoms with Crippen LogP contribution in [0.15, 0.2) is 78.9 Å². The molecule has 1 aromatic heterocycles. The second-order valence-corrected chi connectivity index (χ2v) is 11.0. The zero-order valence-corrected chi connectivity index (χ0v) is 23.3. The quantitative estimate of drug-likeness (QED) is 0.261. The van der Waals surface area contributed by atoms with Gasteiger partial charge in [-0.25, -0.2) is 9.69 Å². The molecule has 0 spiro atoms. The molecule has 3 aliphatic rings. The first-order valence-corrected chi connectivity index (χ1v) is 14.6. The van der Waals surface area contributed by atoms with Gasteiger partial charge in [-0.2, -0.15) is 0 Å². The maximum Gasteiger partial charge on any atom is 0.332 e. The maximum atomic E-state index is 14.2. The van der Waals surface area contributed by atoms with Gasteiger partial charge in [0, 0.05) is 42.7 Å². The lowest BCUT2D eigenvalue weighted by Gasteiger charge is -2.36. The molecule has 0 radical (unpaired) electrons. The second-order valence-electron chi connectivity index (χ2n) is 11.0. The van der Waals surface area contributed by atoms with Gasteiger partial charge >= 0.3 is 6.03 Å². The van der Waals surface area contributed by atoms with Crippen LogP contribution in [0.1, 0.15) is 39.6 Å². The third-order valence-electron chi connectivity index (χ3n) is 8.59. The molecule has 2 saturated heterocycles. The lowest BCUT2D eigenvalue weighted by Crippen LogP contribution is -2.44. The Kier molecular flexibility index (Phi) is 6.97. The smallest absolute Gasteiger partial charge is 0.332 e. The molecule has 214 valence electrons. The Morgan fingerprint density at radius 1 is 0.929 bits per heavy atom. The Morgan fingerprint density at radius 2 is 1.67 bits per heavy atom. The van der Waals surface area contributed by atoms with E-state index >= 15 is 0 Å². The fourth-order valence-electron chi connectivity index (χ4n) is 6.56. The summed E-state index contributed by atoms with van der Waals surface area (Å²) in [6.07, 6.45) is 1.20. The van der Waals surface area contributed by atoms with Gasteiger partial charge in [-0.15, -0.1) is 0 Å². The van der Waals surface area contributed by atoms with Crippen molar-refractivity contribution >= 4 is 34.4 Å². The molecular formula is C33H33N5O4. The van der Waals surface area contributed by atoms with E-state index in [9.17, 15) is 14.4 Å². The van der Waals surface area contributed by atoms with Gasteiger partial charge in [0.25, 0.3) is 11.8 Å². The number of carbonyl (C=O) groups is 3. The highest BCUT2D eigenvalue weighted by Crippen LogP contribution is 2.45. The van der Waals surface area contributed by atoms with Gasteiger partial charge in [-0.1, -0.05) is 60.7 Å². The predicted octanol–water partition coefficient (Wildman–Crippen LogP) is 4.10. The number of nitrogens with zero attached hydrogens (tertiary/aromatic N) is 3. The van der Waals surface area contributed by atoms with Gasteiger partial charge in [0.15, 0.2) is 0 Å². The SMILES string of the molecule is O=C(NCCCN1CCOCC1)c1ccccc1N1C(=O)[C@@H]2Cc3c([nH]c4ccccc34)[C@@H](c3ccccc3)N2C1=O. The lowest BCUT2D eigenvalue weighted by atomic mass is 9.89. The molecular weight excluding hydrogens is 530 g/mol. The number of aromatic nitrogens is 1. The molecule has 0 saturated carbocycles. The highest BCUT2D eigenvalue weighted by Gasteiger charge is 2.53. The van der Waals surface area contributed by atoms with Crippen LogP contribution in [0.2, 0.25) is 0 Å². The molecule has 2 atom stereocenters. The zero-order valence-electron chi connectivity index (χ0n) is 23.3. The van der Waals surface area contributed by atoms with Gasteiger partial charge in [0.05, 0.1) is 24.5 Å². The standard InChI is InChI=1S/C33H33N5O4/c39-31(34-15-8-16-36-17-19-42-20-18-36)24-12-5-7-14-27(24)38-32(40)28-21-25-23-11-4-6-13-26(23)35-29(25)30(37(28)33(38)41)22-9-2-1-3-10-22/h1-7,9-14,28,30,35H,8,15-21H2,(H,34,39)/t28-,30+/m0/s1. The average Bonchev–Trinajstić information content (AvgIpc) is 3.53. The summed E-state index contributed by atoms with van der Waals surface area (Å²) in [6.45, 7) is 4.65. The number of hydrogen-bond acceptors (Lipinski definition) is 5. The fraction of sp³-hybridized carbons (Fsp3) is 0.303. The van der Waals surface area contributed by atoms with Crippen LogP contribution in [0, 0.1) is 0 Å². The monoisotopic (exact) mass is 563 g/mol. The number of aromatic amines is 1. The summed E-state index contributed by atoms with van der Waals surface area (Å²) in [7, 11) is 0. The fourth-order valence-corrected chi connectivity index (χ4v) is 6.56. The molecule has 42 heavy (non-hydrogen) atoms. The second kappa shape index (κ2) is 11.1. The van der Waals surface area contributed by atoms with Crippen molar-refractivity contribution in [3.63, 3.8) is 0 Å². The number of hydrogen-bond donors (Lipinski definition) is 2. The third kappa shape index (κ3) is 4.55. The van der Waals surface area contributed by atoms with E-state index in [1.54, 1.807) is 29.2 Å². The molecule has 4 amide bonds. The highest BCUT2D eigenvalue weighted by molar-refractivity contribution is 6.24. The summed E-state index contributed by atoms with van der Waals surface area (Å²) in [4.78, 5) is 50.5. The molecule has 3 aliphatic heterocycles. The van der Waals surface area contributed by atoms with E-state index < -0.39 is 18.1 Å². The van der Waals surface area contributed by atoms with E-state index in [1.165, 1.54) is 4.90 Å². The van der Waals surface area contributed by atoms with Crippen molar-refractivity contribution in [3.8, 4) is 0 Å². The zero-order chi connectivity index (χ0) is 28.6. The van der Waals surface area contributed by atoms with E-state index in [4.69, 9.17) is 4.74 Å². The summed E-state index contributed by atoms with van der Waals surface area (Å²) in [6, 6.07) is 23.2. The molecule has 0 aliphatic carbocycles. The molecule has 9 heteroatoms. The van der Waals surface area contributed by atoms with Crippen LogP contribution in [-0.2, 0) is 16.0 Å². The molecule has 4 aromatic rings. The number of benzene rings is 3. The molecule has 7 rings (SSSR count). The van der Waals surface area contributed by atoms with Crippen molar-refractivity contribution < 1.29 is 19.1 Å². The van der Waals surface area contributed by atoms with Crippen LogP contribution in [0.5, 0.6) is 0 Å². The number of ether oxygens (including phenoxy) is 1. The van der Waals surface area contributed by atoms with Gasteiger partial charge in [-0.05, 0) is 42.3 Å². The molecule has 4 heterocycles. The van der Waals surface area contributed by atoms with Crippen molar-refractivity contribution in [2.24, 2.45) is 0 Å². The van der Waals surface area contributed by atoms with Crippen molar-refractivity contribution in [1.29, 1.82) is 0 Å². The third-order valence-corrected chi connectivity index (χ3v) is 8.59. The van der Waals surface area contributed by atoms with Crippen molar-refractivity contribution in [2.75, 3.05) is 44.3 Å². The Morgan fingerprint density at radius 3 is 2.50 bits per heavy atom. The molecule has 0 bridgehead atoms. The number of H-pyrrole nitrogens is 1.